The van der Waals surface area contributed by atoms with Gasteiger partial charge >= 0.3 is 5.97 Å². The van der Waals surface area contributed by atoms with Crippen LogP contribution in [-0.4, -0.2) is 11.1 Å². The van der Waals surface area contributed by atoms with Crippen LogP contribution in [0.4, 0.5) is 0 Å². The average molecular weight is 218 g/mol. The van der Waals surface area contributed by atoms with Gasteiger partial charge in [-0.15, -0.1) is 0 Å². The highest BCUT2D eigenvalue weighted by molar-refractivity contribution is 5.88. The highest BCUT2D eigenvalue weighted by Gasteiger charge is 2.19. The normalized spacial score (nSPS) is 12.9. The van der Waals surface area contributed by atoms with Crippen molar-refractivity contribution < 1.29 is 9.90 Å². The molecule has 0 fully saturated rings. The van der Waals surface area contributed by atoms with E-state index in [1.54, 1.807) is 0 Å². The summed E-state index contributed by atoms with van der Waals surface area (Å²) in [6, 6.07) is 8.02. The van der Waals surface area contributed by atoms with Gasteiger partial charge in [0.05, 0.1) is 6.42 Å². The Morgan fingerprint density at radius 3 is 2.56 bits per heavy atom. The molecule has 16 heavy (non-hydrogen) atoms. The summed E-state index contributed by atoms with van der Waals surface area (Å²) in [5, 5.41) is 8.78. The number of carboxylic acid groups (broad SMARTS) is 1. The maximum absolute atomic E-state index is 10.7. The fraction of sp³-hybridized carbons (Fsp3) is 0.357. The number of fused-ring (bicyclic) bond motifs is 1. The lowest BCUT2D eigenvalue weighted by Crippen LogP contribution is -1.96. The minimum Gasteiger partial charge on any atom is -0.481 e. The smallest absolute Gasteiger partial charge is 0.307 e. The summed E-state index contributed by atoms with van der Waals surface area (Å²) in [6.07, 6.45) is 1.04. The van der Waals surface area contributed by atoms with Gasteiger partial charge in [-0.3, -0.25) is 4.79 Å². The Labute approximate surface area is 96.6 Å². The molecule has 86 valence electrons. The Kier molecular flexibility index (Phi) is 4.29. The Morgan fingerprint density at radius 1 is 1.31 bits per heavy atom. The number of allylic oxidation sites excluding steroid dienone is 1. The molecule has 1 aromatic carbocycles. The third-order valence-electron chi connectivity index (χ3n) is 2.64. The summed E-state index contributed by atoms with van der Waals surface area (Å²) in [5.41, 5.74) is 4.55. The summed E-state index contributed by atoms with van der Waals surface area (Å²) < 4.78 is 0. The summed E-state index contributed by atoms with van der Waals surface area (Å²) >= 11 is 0. The molecule has 1 aliphatic rings. The Hall–Kier alpha value is -1.57. The number of benzene rings is 1. The van der Waals surface area contributed by atoms with Gasteiger partial charge in [-0.25, -0.2) is 0 Å². The van der Waals surface area contributed by atoms with Crippen LogP contribution in [0.1, 0.15) is 38.3 Å². The number of carbonyl (C=O) groups is 1. The molecule has 0 saturated carbocycles. The molecule has 2 rings (SSSR count). The Morgan fingerprint density at radius 2 is 1.94 bits per heavy atom. The van der Waals surface area contributed by atoms with Gasteiger partial charge in [0.25, 0.3) is 0 Å². The van der Waals surface area contributed by atoms with Crippen molar-refractivity contribution in [3.63, 3.8) is 0 Å². The van der Waals surface area contributed by atoms with Crippen molar-refractivity contribution in [1.82, 2.24) is 0 Å². The monoisotopic (exact) mass is 218 g/mol. The molecule has 0 amide bonds. The Balaban J connectivity index is 0.000000606. The maximum atomic E-state index is 10.7. The van der Waals surface area contributed by atoms with Crippen LogP contribution < -0.4 is 0 Å². The topological polar surface area (TPSA) is 37.3 Å². The van der Waals surface area contributed by atoms with Crippen LogP contribution in [0.2, 0.25) is 0 Å². The van der Waals surface area contributed by atoms with Gasteiger partial charge < -0.3 is 5.11 Å². The Bertz CT molecular complexity index is 416. The molecule has 0 heterocycles. The first kappa shape index (κ1) is 12.5. The maximum Gasteiger partial charge on any atom is 0.307 e. The lowest BCUT2D eigenvalue weighted by atomic mass is 10.0. The van der Waals surface area contributed by atoms with Gasteiger partial charge in [0.1, 0.15) is 0 Å². The van der Waals surface area contributed by atoms with Crippen molar-refractivity contribution in [1.29, 1.82) is 0 Å². The highest BCUT2D eigenvalue weighted by Crippen LogP contribution is 2.34. The van der Waals surface area contributed by atoms with Crippen LogP contribution >= 0.6 is 0 Å². The lowest BCUT2D eigenvalue weighted by Gasteiger charge is -2.02. The molecule has 1 aliphatic carbocycles. The summed E-state index contributed by atoms with van der Waals surface area (Å²) in [7, 11) is 0. The quantitative estimate of drug-likeness (QED) is 0.824. The first-order chi connectivity index (χ1) is 7.68. The molecule has 2 nitrogen and oxygen atoms in total. The molecule has 0 aliphatic heterocycles. The number of rotatable bonds is 2. The first-order valence-electron chi connectivity index (χ1n) is 5.67. The minimum atomic E-state index is -0.754. The van der Waals surface area contributed by atoms with Crippen molar-refractivity contribution in [2.24, 2.45) is 0 Å². The second kappa shape index (κ2) is 5.50. The van der Waals surface area contributed by atoms with E-state index in [2.05, 4.69) is 6.07 Å². The minimum absolute atomic E-state index is 0.142. The van der Waals surface area contributed by atoms with Gasteiger partial charge in [0.15, 0.2) is 0 Å². The second-order valence-electron chi connectivity index (χ2n) is 3.66. The number of aliphatic carboxylic acids is 1. The van der Waals surface area contributed by atoms with E-state index in [9.17, 15) is 4.79 Å². The molecule has 2 heteroatoms. The first-order valence-corrected chi connectivity index (χ1v) is 5.67. The third-order valence-corrected chi connectivity index (χ3v) is 2.64. The molecule has 0 bridgehead atoms. The molecule has 0 saturated heterocycles. The number of hydrogen-bond acceptors (Lipinski definition) is 1. The second-order valence-corrected chi connectivity index (χ2v) is 3.66. The van der Waals surface area contributed by atoms with Crippen LogP contribution in [0.15, 0.2) is 29.8 Å². The van der Waals surface area contributed by atoms with E-state index in [0.29, 0.717) is 0 Å². The van der Waals surface area contributed by atoms with E-state index in [0.717, 1.165) is 17.6 Å². The largest absolute Gasteiger partial charge is 0.481 e. The van der Waals surface area contributed by atoms with E-state index in [1.165, 1.54) is 11.1 Å². The molecule has 1 aromatic rings. The fourth-order valence-electron chi connectivity index (χ4n) is 1.99. The van der Waals surface area contributed by atoms with Gasteiger partial charge in [-0.1, -0.05) is 43.7 Å². The molecule has 0 atom stereocenters. The number of carboxylic acids is 1. The SMILES string of the molecule is CC.CC1=C(CC(=O)O)c2ccccc2C1. The summed E-state index contributed by atoms with van der Waals surface area (Å²) in [5.74, 6) is -0.754. The van der Waals surface area contributed by atoms with Crippen LogP contribution in [0.5, 0.6) is 0 Å². The molecular weight excluding hydrogens is 200 g/mol. The van der Waals surface area contributed by atoms with Gasteiger partial charge in [-0.05, 0) is 30.0 Å². The third kappa shape index (κ3) is 2.51. The summed E-state index contributed by atoms with van der Waals surface area (Å²) in [4.78, 5) is 10.7. The summed E-state index contributed by atoms with van der Waals surface area (Å²) in [6.45, 7) is 6.01. The van der Waals surface area contributed by atoms with E-state index in [1.807, 2.05) is 39.0 Å². The van der Waals surface area contributed by atoms with Crippen LogP contribution in [0.25, 0.3) is 5.57 Å². The van der Waals surface area contributed by atoms with Gasteiger partial charge in [0.2, 0.25) is 0 Å². The van der Waals surface area contributed by atoms with Crippen LogP contribution in [-0.2, 0) is 11.2 Å². The molecule has 0 spiro atoms. The van der Waals surface area contributed by atoms with Crippen molar-refractivity contribution in [3.8, 4) is 0 Å². The van der Waals surface area contributed by atoms with Crippen molar-refractivity contribution in [2.45, 2.75) is 33.6 Å². The van der Waals surface area contributed by atoms with Gasteiger partial charge in [0, 0.05) is 0 Å². The molecule has 0 radical (unpaired) electrons. The molecule has 0 aromatic heterocycles. The van der Waals surface area contributed by atoms with Crippen molar-refractivity contribution in [3.05, 3.63) is 41.0 Å². The predicted molar refractivity (Wildman–Crippen MR) is 66.3 cm³/mol. The fourth-order valence-corrected chi connectivity index (χ4v) is 1.99. The molecular formula is C14H18O2. The zero-order valence-corrected chi connectivity index (χ0v) is 10.1. The van der Waals surface area contributed by atoms with Gasteiger partial charge in [-0.2, -0.15) is 0 Å². The van der Waals surface area contributed by atoms with Crippen LogP contribution in [0, 0.1) is 0 Å². The van der Waals surface area contributed by atoms with E-state index in [4.69, 9.17) is 5.11 Å². The number of hydrogen-bond donors (Lipinski definition) is 1. The standard InChI is InChI=1S/C12H12O2.C2H6/c1-8-6-9-4-2-3-5-10(9)11(8)7-12(13)14;1-2/h2-5H,6-7H2,1H3,(H,13,14);1-2H3. The molecule has 1 N–H and O–H groups in total. The van der Waals surface area contributed by atoms with E-state index < -0.39 is 5.97 Å². The average Bonchev–Trinajstić information content (AvgIpc) is 2.58. The van der Waals surface area contributed by atoms with E-state index in [-0.39, 0.29) is 6.42 Å². The van der Waals surface area contributed by atoms with Crippen molar-refractivity contribution >= 4 is 11.5 Å². The van der Waals surface area contributed by atoms with Crippen LogP contribution in [0.3, 0.4) is 0 Å². The predicted octanol–water partition coefficient (Wildman–Crippen LogP) is 3.52. The highest BCUT2D eigenvalue weighted by atomic mass is 16.4. The zero-order chi connectivity index (χ0) is 12.1. The van der Waals surface area contributed by atoms with E-state index >= 15 is 0 Å². The lowest BCUT2D eigenvalue weighted by molar-refractivity contribution is -0.135. The molecule has 0 unspecified atom stereocenters. The zero-order valence-electron chi connectivity index (χ0n) is 10.1. The van der Waals surface area contributed by atoms with Crippen molar-refractivity contribution in [2.75, 3.05) is 0 Å².